The number of ether oxygens (including phenoxy) is 7. The molecule has 0 unspecified atom stereocenters. The van der Waals surface area contributed by atoms with Crippen LogP contribution in [0.2, 0.25) is 0 Å². The van der Waals surface area contributed by atoms with Gasteiger partial charge in [0.1, 0.15) is 85.5 Å². The first-order valence-electron chi connectivity index (χ1n) is 12.9. The summed E-state index contributed by atoms with van der Waals surface area (Å²) in [7, 11) is 0. The normalized spacial score (nSPS) is 53.3. The van der Waals surface area contributed by atoms with E-state index in [0.29, 0.717) is 0 Å². The average Bonchev–Trinajstić information content (AvgIpc) is 2.96. The Morgan fingerprint density at radius 2 is 0.951 bits per heavy atom. The minimum absolute atomic E-state index is 0.405. The van der Waals surface area contributed by atoms with Gasteiger partial charge >= 0.3 is 0 Å². The van der Waals surface area contributed by atoms with E-state index in [1.165, 1.54) is 0 Å². The maximum Gasteiger partial charge on any atom is 0.187 e. The predicted molar refractivity (Wildman–Crippen MR) is 122 cm³/mol. The van der Waals surface area contributed by atoms with Crippen LogP contribution in [0, 0.1) is 0 Å². The largest absolute Gasteiger partial charge is 0.394 e. The first-order valence-corrected chi connectivity index (χ1v) is 12.9. The molecule has 0 aromatic heterocycles. The van der Waals surface area contributed by atoms with Crippen LogP contribution in [-0.4, -0.2) is 198 Å². The molecule has 0 spiro atoms. The lowest BCUT2D eigenvalue weighted by Crippen LogP contribution is -2.65. The van der Waals surface area contributed by atoms with E-state index < -0.39 is 137 Å². The van der Waals surface area contributed by atoms with Crippen LogP contribution in [0.5, 0.6) is 0 Å². The Morgan fingerprint density at radius 3 is 1.54 bits per heavy atom. The third-order valence-electron chi connectivity index (χ3n) is 7.47. The summed E-state index contributed by atoms with van der Waals surface area (Å²) in [5.74, 6) is 0. The second-order valence-electron chi connectivity index (χ2n) is 10.2. The van der Waals surface area contributed by atoms with E-state index in [0.717, 1.165) is 0 Å². The third kappa shape index (κ3) is 6.83. The Morgan fingerprint density at radius 1 is 0.463 bits per heavy atom. The molecular weight excluding hydrogens is 568 g/mol. The molecule has 4 aliphatic heterocycles. The van der Waals surface area contributed by atoms with Gasteiger partial charge in [-0.2, -0.15) is 0 Å². The van der Waals surface area contributed by atoms with E-state index in [-0.39, 0.29) is 0 Å². The molecule has 0 amide bonds. The highest BCUT2D eigenvalue weighted by molar-refractivity contribution is 4.95. The Hall–Kier alpha value is -0.760. The molecule has 4 rings (SSSR count). The topological polar surface area (TPSA) is 307 Å². The van der Waals surface area contributed by atoms with Crippen molar-refractivity contribution in [3.05, 3.63) is 0 Å². The molecule has 0 aliphatic carbocycles. The Labute approximate surface area is 232 Å². The summed E-state index contributed by atoms with van der Waals surface area (Å²) in [5.41, 5.74) is 0. The maximum atomic E-state index is 10.7. The van der Waals surface area contributed by atoms with Crippen LogP contribution in [0.3, 0.4) is 0 Å². The summed E-state index contributed by atoms with van der Waals surface area (Å²) in [4.78, 5) is 0. The number of hydrogen-bond acceptors (Lipinski definition) is 19. The van der Waals surface area contributed by atoms with Gasteiger partial charge in [-0.1, -0.05) is 0 Å². The van der Waals surface area contributed by atoms with Crippen molar-refractivity contribution in [1.82, 2.24) is 0 Å². The molecule has 4 fully saturated rings. The highest BCUT2D eigenvalue weighted by atomic mass is 16.8. The lowest BCUT2D eigenvalue weighted by Gasteiger charge is -2.47. The average molecular weight is 607 g/mol. The molecule has 4 aliphatic rings. The van der Waals surface area contributed by atoms with Gasteiger partial charge in [0.2, 0.25) is 0 Å². The lowest BCUT2D eigenvalue weighted by atomic mass is 9.97. The van der Waals surface area contributed by atoms with Gasteiger partial charge in [-0.25, -0.2) is 0 Å². The fourth-order valence-corrected chi connectivity index (χ4v) is 4.92. The van der Waals surface area contributed by atoms with Crippen molar-refractivity contribution in [3.63, 3.8) is 0 Å². The monoisotopic (exact) mass is 606 g/mol. The summed E-state index contributed by atoms with van der Waals surface area (Å²) < 4.78 is 37.3. The fourth-order valence-electron chi connectivity index (χ4n) is 4.92. The van der Waals surface area contributed by atoms with Crippen molar-refractivity contribution in [2.45, 2.75) is 111 Å². The molecule has 240 valence electrons. The Balaban J connectivity index is 1.35. The van der Waals surface area contributed by atoms with Gasteiger partial charge in [0.05, 0.1) is 26.4 Å². The zero-order valence-electron chi connectivity index (χ0n) is 21.4. The quantitative estimate of drug-likeness (QED) is 0.122. The van der Waals surface area contributed by atoms with Gasteiger partial charge in [0.25, 0.3) is 0 Å². The van der Waals surface area contributed by atoms with Crippen molar-refractivity contribution in [1.29, 1.82) is 0 Å². The van der Waals surface area contributed by atoms with E-state index in [9.17, 15) is 61.3 Å². The van der Waals surface area contributed by atoms with Crippen LogP contribution in [0.1, 0.15) is 0 Å². The molecule has 12 N–H and O–H groups in total. The van der Waals surface area contributed by atoms with Crippen LogP contribution in [0.4, 0.5) is 0 Å². The van der Waals surface area contributed by atoms with Crippen LogP contribution in [0.15, 0.2) is 0 Å². The van der Waals surface area contributed by atoms with Crippen molar-refractivity contribution in [2.75, 3.05) is 26.4 Å². The molecule has 19 heteroatoms. The van der Waals surface area contributed by atoms with Gasteiger partial charge in [-0.15, -0.1) is 0 Å². The first kappa shape index (κ1) is 33.1. The van der Waals surface area contributed by atoms with Gasteiger partial charge in [-0.3, -0.25) is 0 Å². The van der Waals surface area contributed by atoms with Gasteiger partial charge in [0.15, 0.2) is 25.2 Å². The van der Waals surface area contributed by atoms with Crippen LogP contribution in [-0.2, 0) is 33.2 Å². The summed E-state index contributed by atoms with van der Waals surface area (Å²) in [6.07, 6.45) is -29.4. The van der Waals surface area contributed by atoms with E-state index in [4.69, 9.17) is 33.2 Å². The lowest BCUT2D eigenvalue weighted by molar-refractivity contribution is -0.373. The molecule has 4 heterocycles. The highest BCUT2D eigenvalue weighted by Crippen LogP contribution is 2.31. The smallest absolute Gasteiger partial charge is 0.187 e. The van der Waals surface area contributed by atoms with Crippen molar-refractivity contribution in [2.24, 2.45) is 0 Å². The van der Waals surface area contributed by atoms with Crippen LogP contribution < -0.4 is 0 Å². The number of hydrogen-bond donors (Lipinski definition) is 12. The van der Waals surface area contributed by atoms with Gasteiger partial charge in [-0.05, 0) is 0 Å². The zero-order valence-corrected chi connectivity index (χ0v) is 21.4. The Kier molecular flexibility index (Phi) is 11.2. The fraction of sp³-hybridized carbons (Fsp3) is 1.00. The van der Waals surface area contributed by atoms with Crippen molar-refractivity contribution in [3.8, 4) is 0 Å². The third-order valence-corrected chi connectivity index (χ3v) is 7.47. The molecule has 0 aromatic rings. The molecule has 41 heavy (non-hydrogen) atoms. The van der Waals surface area contributed by atoms with E-state index in [1.54, 1.807) is 0 Å². The van der Waals surface area contributed by atoms with Crippen molar-refractivity contribution >= 4 is 0 Å². The minimum Gasteiger partial charge on any atom is -0.394 e. The first-order chi connectivity index (χ1) is 19.4. The molecule has 18 atom stereocenters. The maximum absolute atomic E-state index is 10.7. The van der Waals surface area contributed by atoms with E-state index >= 15 is 0 Å². The second-order valence-corrected chi connectivity index (χ2v) is 10.2. The summed E-state index contributed by atoms with van der Waals surface area (Å²) >= 11 is 0. The summed E-state index contributed by atoms with van der Waals surface area (Å²) in [6, 6.07) is 0. The number of rotatable bonds is 8. The number of aliphatic hydroxyl groups is 12. The van der Waals surface area contributed by atoms with Gasteiger partial charge in [0, 0.05) is 0 Å². The predicted octanol–water partition coefficient (Wildman–Crippen LogP) is -8.47. The van der Waals surface area contributed by atoms with E-state index in [1.807, 2.05) is 0 Å². The summed E-state index contributed by atoms with van der Waals surface area (Å²) in [6.45, 7) is -2.41. The molecular formula is C22H38O19. The Bertz CT molecular complexity index is 820. The van der Waals surface area contributed by atoms with Gasteiger partial charge < -0.3 is 94.4 Å². The van der Waals surface area contributed by atoms with E-state index in [2.05, 4.69) is 0 Å². The highest BCUT2D eigenvalue weighted by Gasteiger charge is 2.52. The molecule has 19 nitrogen and oxygen atoms in total. The number of aliphatic hydroxyl groups excluding tert-OH is 12. The van der Waals surface area contributed by atoms with Crippen LogP contribution >= 0.6 is 0 Å². The molecule has 4 saturated heterocycles. The molecule has 0 radical (unpaired) electrons. The van der Waals surface area contributed by atoms with Crippen molar-refractivity contribution < 1.29 is 94.4 Å². The molecule has 0 aromatic carbocycles. The molecule has 0 bridgehead atoms. The minimum atomic E-state index is -1.86. The molecule has 0 saturated carbocycles. The SMILES string of the molecule is OC[C@H]1O[C@H](O[C@@H]2CO[C@@H](O[C@H]3[C@H](O)[C@H](O)[C@@H](O[C@@H]4CO[C@@H](O)[C@H](O)[C@H]4O)O[C@@H]3CO)[C@H](O)[C@H]2O)[C@@H](O)[C@@H](O)[C@@H]1O. The second kappa shape index (κ2) is 13.9. The summed E-state index contributed by atoms with van der Waals surface area (Å²) in [5, 5.41) is 121. The standard InChI is InChI=1S/C22H38O19/c23-1-5-9(25)12(28)16(32)21(37-5)40-8-4-36-20(15(31)11(8)27)41-18-6(2-24)38-22(17(33)13(18)29)39-7-3-35-19(34)14(30)10(7)26/h5-34H,1-4H2/t5-,6-,7-,8-,9-,10+,11+,12+,13-,14-,15-,16+,17+,18-,19-,20+,21-,22-/m1/s1. The van der Waals surface area contributed by atoms with Crippen LogP contribution in [0.25, 0.3) is 0 Å². The zero-order chi connectivity index (χ0) is 30.2.